The number of likely N-dealkylation sites (tertiary alicyclic amines) is 1. The molecule has 2 aromatic rings. The van der Waals surface area contributed by atoms with Gasteiger partial charge in [0.2, 0.25) is 0 Å². The highest BCUT2D eigenvalue weighted by molar-refractivity contribution is 5.56. The molecule has 23 heavy (non-hydrogen) atoms. The van der Waals surface area contributed by atoms with Crippen molar-refractivity contribution in [2.75, 3.05) is 33.4 Å². The van der Waals surface area contributed by atoms with E-state index < -0.39 is 0 Å². The molecule has 2 aromatic heterocycles. The van der Waals surface area contributed by atoms with E-state index in [-0.39, 0.29) is 0 Å². The predicted molar refractivity (Wildman–Crippen MR) is 89.0 cm³/mol. The second-order valence-electron chi connectivity index (χ2n) is 6.22. The minimum absolute atomic E-state index is 0.678. The van der Waals surface area contributed by atoms with Crippen LogP contribution in [0.15, 0.2) is 24.9 Å². The van der Waals surface area contributed by atoms with Crippen LogP contribution in [0.1, 0.15) is 18.5 Å². The van der Waals surface area contributed by atoms with Gasteiger partial charge in [0.15, 0.2) is 0 Å². The number of rotatable bonds is 6. The van der Waals surface area contributed by atoms with Gasteiger partial charge in [-0.15, -0.1) is 0 Å². The molecule has 6 nitrogen and oxygen atoms in total. The van der Waals surface area contributed by atoms with E-state index in [1.54, 1.807) is 19.5 Å². The smallest absolute Gasteiger partial charge is 0.110 e. The molecule has 6 heteroatoms. The molecule has 1 aliphatic rings. The van der Waals surface area contributed by atoms with Gasteiger partial charge >= 0.3 is 0 Å². The number of aryl methyl sites for hydroxylation is 1. The molecule has 3 rings (SSSR count). The third-order valence-electron chi connectivity index (χ3n) is 4.63. The Bertz CT molecular complexity index is 619. The van der Waals surface area contributed by atoms with Crippen LogP contribution in [0.5, 0.6) is 0 Å². The van der Waals surface area contributed by atoms with Gasteiger partial charge in [-0.25, -0.2) is 4.98 Å². The minimum atomic E-state index is 0.678. The quantitative estimate of drug-likeness (QED) is 0.813. The fourth-order valence-corrected chi connectivity index (χ4v) is 3.22. The third-order valence-corrected chi connectivity index (χ3v) is 4.63. The molecule has 0 aromatic carbocycles. The highest BCUT2D eigenvalue weighted by Crippen LogP contribution is 2.25. The van der Waals surface area contributed by atoms with Crippen molar-refractivity contribution in [3.8, 4) is 11.4 Å². The van der Waals surface area contributed by atoms with Gasteiger partial charge in [0.25, 0.3) is 0 Å². The van der Waals surface area contributed by atoms with E-state index in [2.05, 4.69) is 19.9 Å². The maximum atomic E-state index is 5.17. The molecule has 0 bridgehead atoms. The molecule has 1 saturated heterocycles. The van der Waals surface area contributed by atoms with Gasteiger partial charge in [0, 0.05) is 33.1 Å². The van der Waals surface area contributed by atoms with Gasteiger partial charge < -0.3 is 14.2 Å². The molecule has 0 N–H and O–H groups in total. The fourth-order valence-electron chi connectivity index (χ4n) is 3.22. The lowest BCUT2D eigenvalue weighted by Gasteiger charge is -2.31. The predicted octanol–water partition coefficient (Wildman–Crippen LogP) is 1.78. The molecule has 3 heterocycles. The van der Waals surface area contributed by atoms with E-state index in [1.807, 2.05) is 24.1 Å². The molecule has 0 aliphatic carbocycles. The topological polar surface area (TPSA) is 56.1 Å². The van der Waals surface area contributed by atoms with Crippen LogP contribution in [0.4, 0.5) is 0 Å². The van der Waals surface area contributed by atoms with Crippen LogP contribution in [-0.2, 0) is 18.2 Å². The van der Waals surface area contributed by atoms with Crippen molar-refractivity contribution >= 4 is 0 Å². The number of piperidine rings is 1. The largest absolute Gasteiger partial charge is 0.383 e. The second-order valence-corrected chi connectivity index (χ2v) is 6.22. The molecular formula is C17H25N5O. The van der Waals surface area contributed by atoms with E-state index in [0.29, 0.717) is 5.92 Å². The third kappa shape index (κ3) is 3.95. The fraction of sp³-hybridized carbons (Fsp3) is 0.588. The van der Waals surface area contributed by atoms with Crippen LogP contribution in [0.3, 0.4) is 0 Å². The first kappa shape index (κ1) is 16.1. The molecule has 1 aliphatic heterocycles. The Morgan fingerprint density at radius 2 is 2.00 bits per heavy atom. The number of ether oxygens (including phenoxy) is 1. The number of imidazole rings is 1. The maximum Gasteiger partial charge on any atom is 0.110 e. The molecule has 0 saturated carbocycles. The molecule has 0 unspecified atom stereocenters. The highest BCUT2D eigenvalue weighted by atomic mass is 16.5. The Balaban J connectivity index is 1.65. The Morgan fingerprint density at radius 1 is 1.22 bits per heavy atom. The average molecular weight is 315 g/mol. The van der Waals surface area contributed by atoms with Crippen LogP contribution in [0, 0.1) is 5.92 Å². The lowest BCUT2D eigenvalue weighted by molar-refractivity contribution is 0.120. The van der Waals surface area contributed by atoms with E-state index in [1.165, 1.54) is 12.8 Å². The summed E-state index contributed by atoms with van der Waals surface area (Å²) in [5.41, 5.74) is 3.09. The van der Waals surface area contributed by atoms with Gasteiger partial charge in [0.1, 0.15) is 5.69 Å². The summed E-state index contributed by atoms with van der Waals surface area (Å²) >= 11 is 0. The summed E-state index contributed by atoms with van der Waals surface area (Å²) in [7, 11) is 3.76. The van der Waals surface area contributed by atoms with Gasteiger partial charge in [0.05, 0.1) is 30.5 Å². The zero-order chi connectivity index (χ0) is 16.1. The van der Waals surface area contributed by atoms with Gasteiger partial charge in [-0.3, -0.25) is 9.97 Å². The summed E-state index contributed by atoms with van der Waals surface area (Å²) in [6.45, 7) is 4.15. The Hall–Kier alpha value is -1.79. The Morgan fingerprint density at radius 3 is 2.70 bits per heavy atom. The number of hydrogen-bond acceptors (Lipinski definition) is 5. The number of hydrogen-bond donors (Lipinski definition) is 0. The van der Waals surface area contributed by atoms with Gasteiger partial charge in [-0.2, -0.15) is 0 Å². The summed E-state index contributed by atoms with van der Waals surface area (Å²) in [5.74, 6) is 0.678. The van der Waals surface area contributed by atoms with Crippen LogP contribution in [0.2, 0.25) is 0 Å². The average Bonchev–Trinajstić information content (AvgIpc) is 3.01. The lowest BCUT2D eigenvalue weighted by Crippen LogP contribution is -2.36. The van der Waals surface area contributed by atoms with Crippen molar-refractivity contribution in [2.45, 2.75) is 19.3 Å². The first-order chi connectivity index (χ1) is 11.3. The van der Waals surface area contributed by atoms with Gasteiger partial charge in [-0.05, 0) is 38.3 Å². The van der Waals surface area contributed by atoms with Crippen molar-refractivity contribution in [1.82, 2.24) is 24.4 Å². The number of aromatic nitrogens is 4. The second kappa shape index (κ2) is 7.66. The van der Waals surface area contributed by atoms with E-state index in [4.69, 9.17) is 4.74 Å². The first-order valence-electron chi connectivity index (χ1n) is 8.25. The SMILES string of the molecule is COCCN1CCC(Cc2nccnc2-c2cncn2C)CC1. The summed E-state index contributed by atoms with van der Waals surface area (Å²) < 4.78 is 7.17. The van der Waals surface area contributed by atoms with Crippen LogP contribution in [0.25, 0.3) is 11.4 Å². The number of nitrogens with zero attached hydrogens (tertiary/aromatic N) is 5. The summed E-state index contributed by atoms with van der Waals surface area (Å²) in [5, 5.41) is 0. The monoisotopic (exact) mass is 315 g/mol. The standard InChI is InChI=1S/C17H25N5O/c1-21-13-18-12-16(21)17-15(19-5-6-20-17)11-14-3-7-22(8-4-14)9-10-23-2/h5-6,12-14H,3-4,7-11H2,1-2H3. The molecular weight excluding hydrogens is 290 g/mol. The van der Waals surface area contributed by atoms with E-state index in [0.717, 1.165) is 49.7 Å². The van der Waals surface area contributed by atoms with Gasteiger partial charge in [-0.1, -0.05) is 0 Å². The maximum absolute atomic E-state index is 5.17. The summed E-state index contributed by atoms with van der Waals surface area (Å²) in [4.78, 5) is 15.8. The number of methoxy groups -OCH3 is 1. The van der Waals surface area contributed by atoms with Crippen LogP contribution in [-0.4, -0.2) is 57.8 Å². The lowest BCUT2D eigenvalue weighted by atomic mass is 9.91. The molecule has 0 radical (unpaired) electrons. The van der Waals surface area contributed by atoms with E-state index >= 15 is 0 Å². The molecule has 124 valence electrons. The highest BCUT2D eigenvalue weighted by Gasteiger charge is 2.21. The van der Waals surface area contributed by atoms with Crippen molar-refractivity contribution in [2.24, 2.45) is 13.0 Å². The zero-order valence-electron chi connectivity index (χ0n) is 14.0. The summed E-state index contributed by atoms with van der Waals surface area (Å²) in [6.07, 6.45) is 10.6. The summed E-state index contributed by atoms with van der Waals surface area (Å²) in [6, 6.07) is 0. The van der Waals surface area contributed by atoms with E-state index in [9.17, 15) is 0 Å². The van der Waals surface area contributed by atoms with Crippen molar-refractivity contribution < 1.29 is 4.74 Å². The van der Waals surface area contributed by atoms with Crippen LogP contribution < -0.4 is 0 Å². The van der Waals surface area contributed by atoms with Crippen molar-refractivity contribution in [3.63, 3.8) is 0 Å². The molecule has 0 atom stereocenters. The minimum Gasteiger partial charge on any atom is -0.383 e. The molecule has 1 fully saturated rings. The normalized spacial score (nSPS) is 16.8. The Labute approximate surface area is 137 Å². The van der Waals surface area contributed by atoms with Crippen molar-refractivity contribution in [1.29, 1.82) is 0 Å². The zero-order valence-corrected chi connectivity index (χ0v) is 14.0. The first-order valence-corrected chi connectivity index (χ1v) is 8.25. The Kier molecular flexibility index (Phi) is 5.35. The molecule has 0 amide bonds. The molecule has 0 spiro atoms. The van der Waals surface area contributed by atoms with Crippen LogP contribution >= 0.6 is 0 Å². The van der Waals surface area contributed by atoms with Crippen molar-refractivity contribution in [3.05, 3.63) is 30.6 Å².